The molecular formula is C22H27NO3. The fourth-order valence-electron chi connectivity index (χ4n) is 3.58. The summed E-state index contributed by atoms with van der Waals surface area (Å²) in [6.45, 7) is 0.786. The summed E-state index contributed by atoms with van der Waals surface area (Å²) in [5.41, 5.74) is 1.26. The van der Waals surface area contributed by atoms with Crippen LogP contribution in [-0.4, -0.2) is 37.1 Å². The molecule has 26 heavy (non-hydrogen) atoms. The molecule has 0 unspecified atom stereocenters. The number of benzene rings is 2. The number of ether oxygens (including phenoxy) is 2. The highest BCUT2D eigenvalue weighted by Crippen LogP contribution is 2.27. The van der Waals surface area contributed by atoms with E-state index < -0.39 is 0 Å². The number of nitrogens with zero attached hydrogens (tertiary/aromatic N) is 1. The molecule has 0 heterocycles. The van der Waals surface area contributed by atoms with Crippen LogP contribution in [0.4, 0.5) is 0 Å². The van der Waals surface area contributed by atoms with E-state index in [0.29, 0.717) is 17.5 Å². The molecule has 1 aliphatic carbocycles. The topological polar surface area (TPSA) is 38.8 Å². The molecule has 0 aliphatic heterocycles. The van der Waals surface area contributed by atoms with Gasteiger partial charge in [-0.25, -0.2) is 0 Å². The SMILES string of the molecule is COc1ccccc1OCC(=O)N(CCc1ccccc1)C1CCCC1. The minimum absolute atomic E-state index is 0.0473. The average Bonchev–Trinajstić information content (AvgIpc) is 3.22. The molecule has 0 radical (unpaired) electrons. The second-order valence-electron chi connectivity index (χ2n) is 6.70. The first-order valence-corrected chi connectivity index (χ1v) is 9.37. The first kappa shape index (κ1) is 18.3. The number of rotatable bonds is 8. The van der Waals surface area contributed by atoms with Gasteiger partial charge < -0.3 is 14.4 Å². The van der Waals surface area contributed by atoms with Gasteiger partial charge in [-0.05, 0) is 37.0 Å². The second kappa shape index (κ2) is 9.27. The van der Waals surface area contributed by atoms with E-state index in [1.807, 2.05) is 47.4 Å². The Kier molecular flexibility index (Phi) is 6.53. The van der Waals surface area contributed by atoms with Crippen LogP contribution in [0.25, 0.3) is 0 Å². The lowest BCUT2D eigenvalue weighted by Crippen LogP contribution is -2.42. The minimum Gasteiger partial charge on any atom is -0.493 e. The summed E-state index contributed by atoms with van der Waals surface area (Å²) in [7, 11) is 1.61. The summed E-state index contributed by atoms with van der Waals surface area (Å²) in [5, 5.41) is 0. The molecule has 2 aromatic carbocycles. The number of hydrogen-bond donors (Lipinski definition) is 0. The molecule has 0 N–H and O–H groups in total. The Labute approximate surface area is 155 Å². The van der Waals surface area contributed by atoms with Crippen molar-refractivity contribution in [1.82, 2.24) is 4.90 Å². The highest BCUT2D eigenvalue weighted by molar-refractivity contribution is 5.78. The van der Waals surface area contributed by atoms with Gasteiger partial charge in [0.15, 0.2) is 18.1 Å². The van der Waals surface area contributed by atoms with Crippen LogP contribution < -0.4 is 9.47 Å². The number of hydrogen-bond acceptors (Lipinski definition) is 3. The molecule has 0 bridgehead atoms. The van der Waals surface area contributed by atoms with Gasteiger partial charge in [0.05, 0.1) is 7.11 Å². The molecule has 1 fully saturated rings. The Balaban J connectivity index is 1.62. The smallest absolute Gasteiger partial charge is 0.260 e. The fourth-order valence-corrected chi connectivity index (χ4v) is 3.58. The predicted molar refractivity (Wildman–Crippen MR) is 103 cm³/mol. The molecule has 0 spiro atoms. The van der Waals surface area contributed by atoms with Gasteiger partial charge in [-0.2, -0.15) is 0 Å². The van der Waals surface area contributed by atoms with Gasteiger partial charge in [0, 0.05) is 12.6 Å². The van der Waals surface area contributed by atoms with Crippen molar-refractivity contribution in [1.29, 1.82) is 0 Å². The highest BCUT2D eigenvalue weighted by Gasteiger charge is 2.26. The zero-order chi connectivity index (χ0) is 18.2. The van der Waals surface area contributed by atoms with E-state index >= 15 is 0 Å². The molecule has 0 aromatic heterocycles. The lowest BCUT2D eigenvalue weighted by molar-refractivity contribution is -0.135. The van der Waals surface area contributed by atoms with E-state index in [9.17, 15) is 4.79 Å². The molecule has 0 atom stereocenters. The lowest BCUT2D eigenvalue weighted by Gasteiger charge is -2.29. The van der Waals surface area contributed by atoms with Crippen LogP contribution >= 0.6 is 0 Å². The third kappa shape index (κ3) is 4.78. The van der Waals surface area contributed by atoms with E-state index in [2.05, 4.69) is 12.1 Å². The molecular weight excluding hydrogens is 326 g/mol. The van der Waals surface area contributed by atoms with Crippen molar-refractivity contribution < 1.29 is 14.3 Å². The van der Waals surface area contributed by atoms with Crippen LogP contribution in [0.5, 0.6) is 11.5 Å². The summed E-state index contributed by atoms with van der Waals surface area (Å²) in [4.78, 5) is 14.9. The highest BCUT2D eigenvalue weighted by atomic mass is 16.5. The minimum atomic E-state index is 0.0473. The summed E-state index contributed by atoms with van der Waals surface area (Å²) < 4.78 is 11.1. The maximum absolute atomic E-state index is 12.9. The van der Waals surface area contributed by atoms with Crippen LogP contribution in [0.1, 0.15) is 31.2 Å². The molecule has 1 amide bonds. The number of carbonyl (C=O) groups excluding carboxylic acids is 1. The monoisotopic (exact) mass is 353 g/mol. The Morgan fingerprint density at radius 1 is 1.00 bits per heavy atom. The Bertz CT molecular complexity index is 696. The molecule has 3 rings (SSSR count). The van der Waals surface area contributed by atoms with Gasteiger partial charge in [-0.1, -0.05) is 55.3 Å². The van der Waals surface area contributed by atoms with Gasteiger partial charge in [-0.3, -0.25) is 4.79 Å². The number of para-hydroxylation sites is 2. The summed E-state index contributed by atoms with van der Waals surface area (Å²) in [5.74, 6) is 1.31. The third-order valence-corrected chi connectivity index (χ3v) is 4.99. The van der Waals surface area contributed by atoms with Gasteiger partial charge >= 0.3 is 0 Å². The van der Waals surface area contributed by atoms with Gasteiger partial charge in [0.25, 0.3) is 5.91 Å². The zero-order valence-electron chi connectivity index (χ0n) is 15.4. The quantitative estimate of drug-likeness (QED) is 0.717. The molecule has 4 heteroatoms. The van der Waals surface area contributed by atoms with Gasteiger partial charge in [0.1, 0.15) is 0 Å². The van der Waals surface area contributed by atoms with Crippen molar-refractivity contribution >= 4 is 5.91 Å². The second-order valence-corrected chi connectivity index (χ2v) is 6.70. The molecule has 2 aromatic rings. The van der Waals surface area contributed by atoms with E-state index in [1.165, 1.54) is 18.4 Å². The normalized spacial score (nSPS) is 14.2. The third-order valence-electron chi connectivity index (χ3n) is 4.99. The largest absolute Gasteiger partial charge is 0.493 e. The van der Waals surface area contributed by atoms with E-state index in [1.54, 1.807) is 7.11 Å². The molecule has 0 saturated heterocycles. The number of methoxy groups -OCH3 is 1. The van der Waals surface area contributed by atoms with Crippen molar-refractivity contribution in [2.75, 3.05) is 20.3 Å². The van der Waals surface area contributed by atoms with Gasteiger partial charge in [0.2, 0.25) is 0 Å². The number of carbonyl (C=O) groups is 1. The molecule has 1 aliphatic rings. The Hall–Kier alpha value is -2.49. The summed E-state index contributed by atoms with van der Waals surface area (Å²) in [6, 6.07) is 18.1. The predicted octanol–water partition coefficient (Wildman–Crippen LogP) is 4.09. The zero-order valence-corrected chi connectivity index (χ0v) is 15.4. The molecule has 4 nitrogen and oxygen atoms in total. The van der Waals surface area contributed by atoms with Crippen LogP contribution in [0.15, 0.2) is 54.6 Å². The van der Waals surface area contributed by atoms with Crippen LogP contribution in [-0.2, 0) is 11.2 Å². The first-order valence-electron chi connectivity index (χ1n) is 9.37. The number of amides is 1. The van der Waals surface area contributed by atoms with Crippen LogP contribution in [0.2, 0.25) is 0 Å². The lowest BCUT2D eigenvalue weighted by atomic mass is 10.1. The average molecular weight is 353 g/mol. The summed E-state index contributed by atoms with van der Waals surface area (Å²) in [6.07, 6.45) is 5.46. The summed E-state index contributed by atoms with van der Waals surface area (Å²) >= 11 is 0. The maximum atomic E-state index is 12.9. The molecule has 138 valence electrons. The van der Waals surface area contributed by atoms with Crippen molar-refractivity contribution in [2.24, 2.45) is 0 Å². The van der Waals surface area contributed by atoms with Crippen molar-refractivity contribution in [3.8, 4) is 11.5 Å². The fraction of sp³-hybridized carbons (Fsp3) is 0.409. The Morgan fingerprint density at radius 3 is 2.35 bits per heavy atom. The van der Waals surface area contributed by atoms with Crippen LogP contribution in [0, 0.1) is 0 Å². The standard InChI is InChI=1S/C22H27NO3/c1-25-20-13-7-8-14-21(20)26-17-22(24)23(19-11-5-6-12-19)16-15-18-9-3-2-4-10-18/h2-4,7-10,13-14,19H,5-6,11-12,15-17H2,1H3. The van der Waals surface area contributed by atoms with Crippen molar-refractivity contribution in [3.63, 3.8) is 0 Å². The van der Waals surface area contributed by atoms with E-state index in [0.717, 1.165) is 25.8 Å². The Morgan fingerprint density at radius 2 is 1.65 bits per heavy atom. The van der Waals surface area contributed by atoms with Crippen molar-refractivity contribution in [3.05, 3.63) is 60.2 Å². The maximum Gasteiger partial charge on any atom is 0.260 e. The molecule has 1 saturated carbocycles. The van der Waals surface area contributed by atoms with Gasteiger partial charge in [-0.15, -0.1) is 0 Å². The van der Waals surface area contributed by atoms with E-state index in [-0.39, 0.29) is 12.5 Å². The first-order chi connectivity index (χ1) is 12.8. The van der Waals surface area contributed by atoms with E-state index in [4.69, 9.17) is 9.47 Å². The van der Waals surface area contributed by atoms with Crippen LogP contribution in [0.3, 0.4) is 0 Å². The van der Waals surface area contributed by atoms with Crippen molar-refractivity contribution in [2.45, 2.75) is 38.1 Å².